The number of carbonyl (C=O) groups excluding carboxylic acids is 1. The number of sulfonamides is 1. The van der Waals surface area contributed by atoms with E-state index in [1.54, 1.807) is 24.3 Å². The van der Waals surface area contributed by atoms with Crippen molar-refractivity contribution in [3.63, 3.8) is 0 Å². The van der Waals surface area contributed by atoms with Gasteiger partial charge < -0.3 is 5.32 Å². The summed E-state index contributed by atoms with van der Waals surface area (Å²) < 4.78 is 27.6. The number of hydrogen-bond donors (Lipinski definition) is 1. The molecular formula is C14H18ClIN2O3S. The second-order valence-corrected chi connectivity index (χ2v) is 8.69. The normalized spacial score (nSPS) is 17.4. The number of rotatable bonds is 5. The van der Waals surface area contributed by atoms with Gasteiger partial charge in [-0.1, -0.05) is 0 Å². The molecule has 0 unspecified atom stereocenters. The summed E-state index contributed by atoms with van der Waals surface area (Å²) in [5.41, 5.74) is 0. The molecule has 1 fully saturated rings. The summed E-state index contributed by atoms with van der Waals surface area (Å²) in [6.45, 7) is 1.52. The van der Waals surface area contributed by atoms with Gasteiger partial charge in [0, 0.05) is 23.2 Å². The number of amides is 1. The fraction of sp³-hybridized carbons (Fsp3) is 0.500. The van der Waals surface area contributed by atoms with Crippen LogP contribution in [0.15, 0.2) is 29.2 Å². The summed E-state index contributed by atoms with van der Waals surface area (Å²) in [5.74, 6) is 0.0750. The number of hydrogen-bond acceptors (Lipinski definition) is 3. The highest BCUT2D eigenvalue weighted by molar-refractivity contribution is 14.1. The first kappa shape index (κ1) is 18.0. The molecule has 0 spiro atoms. The summed E-state index contributed by atoms with van der Waals surface area (Å²) in [6.07, 6.45) is 1.48. The van der Waals surface area contributed by atoms with Gasteiger partial charge in [0.1, 0.15) is 5.88 Å². The standard InChI is InChI=1S/C14H18ClIN2O3S/c15-9-14(19)17-10-11-5-7-18(8-6-11)22(20,21)13-3-1-12(16)2-4-13/h1-4,11H,5-10H2,(H,17,19). The Balaban J connectivity index is 1.93. The average Bonchev–Trinajstić information content (AvgIpc) is 2.53. The Kier molecular flexibility index (Phi) is 6.48. The van der Waals surface area contributed by atoms with Gasteiger partial charge in [-0.25, -0.2) is 8.42 Å². The van der Waals surface area contributed by atoms with E-state index in [2.05, 4.69) is 27.9 Å². The van der Waals surface area contributed by atoms with E-state index in [1.165, 1.54) is 4.31 Å². The van der Waals surface area contributed by atoms with E-state index in [0.717, 1.165) is 16.4 Å². The van der Waals surface area contributed by atoms with Crippen LogP contribution in [0.5, 0.6) is 0 Å². The van der Waals surface area contributed by atoms with E-state index < -0.39 is 10.0 Å². The zero-order valence-electron chi connectivity index (χ0n) is 12.0. The molecule has 1 aliphatic heterocycles. The lowest BCUT2D eigenvalue weighted by Crippen LogP contribution is -2.41. The lowest BCUT2D eigenvalue weighted by atomic mass is 9.98. The third kappa shape index (κ3) is 4.56. The van der Waals surface area contributed by atoms with E-state index in [4.69, 9.17) is 11.6 Å². The van der Waals surface area contributed by atoms with Crippen LogP contribution in [-0.2, 0) is 14.8 Å². The Morgan fingerprint density at radius 3 is 2.41 bits per heavy atom. The van der Waals surface area contributed by atoms with Crippen LogP contribution in [-0.4, -0.2) is 44.1 Å². The van der Waals surface area contributed by atoms with Gasteiger partial charge >= 0.3 is 0 Å². The van der Waals surface area contributed by atoms with E-state index in [1.807, 2.05) is 0 Å². The number of halogens is 2. The summed E-state index contributed by atoms with van der Waals surface area (Å²) in [6, 6.07) is 6.87. The molecule has 0 aliphatic carbocycles. The van der Waals surface area contributed by atoms with Crippen molar-refractivity contribution in [2.75, 3.05) is 25.5 Å². The van der Waals surface area contributed by atoms with Crippen LogP contribution >= 0.6 is 34.2 Å². The Morgan fingerprint density at radius 1 is 1.27 bits per heavy atom. The van der Waals surface area contributed by atoms with Gasteiger partial charge in [-0.3, -0.25) is 4.79 Å². The molecule has 1 aliphatic rings. The molecule has 5 nitrogen and oxygen atoms in total. The highest BCUT2D eigenvalue weighted by Gasteiger charge is 2.29. The van der Waals surface area contributed by atoms with Crippen molar-refractivity contribution in [3.05, 3.63) is 27.8 Å². The molecule has 1 amide bonds. The maximum absolute atomic E-state index is 12.6. The highest BCUT2D eigenvalue weighted by Crippen LogP contribution is 2.24. The van der Waals surface area contributed by atoms with Crippen molar-refractivity contribution >= 4 is 50.1 Å². The van der Waals surface area contributed by atoms with Crippen LogP contribution in [0.1, 0.15) is 12.8 Å². The average molecular weight is 457 g/mol. The molecule has 122 valence electrons. The number of piperidine rings is 1. The number of nitrogens with zero attached hydrogens (tertiary/aromatic N) is 1. The Bertz CT molecular complexity index is 613. The minimum atomic E-state index is -3.42. The first-order valence-corrected chi connectivity index (χ1v) is 10.1. The van der Waals surface area contributed by atoms with E-state index in [0.29, 0.717) is 30.4 Å². The van der Waals surface area contributed by atoms with Crippen LogP contribution in [0.3, 0.4) is 0 Å². The first-order chi connectivity index (χ1) is 10.4. The predicted molar refractivity (Wildman–Crippen MR) is 94.4 cm³/mol. The van der Waals surface area contributed by atoms with Crippen LogP contribution in [0.25, 0.3) is 0 Å². The maximum atomic E-state index is 12.6. The SMILES string of the molecule is O=C(CCl)NCC1CCN(S(=O)(=O)c2ccc(I)cc2)CC1. The zero-order valence-corrected chi connectivity index (χ0v) is 15.7. The monoisotopic (exact) mass is 456 g/mol. The van der Waals surface area contributed by atoms with Gasteiger partial charge in [-0.05, 0) is 65.6 Å². The first-order valence-electron chi connectivity index (χ1n) is 7.02. The molecule has 1 N–H and O–H groups in total. The summed E-state index contributed by atoms with van der Waals surface area (Å²) >= 11 is 7.58. The van der Waals surface area contributed by atoms with Crippen LogP contribution in [0.2, 0.25) is 0 Å². The molecule has 2 rings (SSSR count). The topological polar surface area (TPSA) is 66.5 Å². The molecule has 1 aromatic carbocycles. The van der Waals surface area contributed by atoms with Gasteiger partial charge in [-0.2, -0.15) is 4.31 Å². The summed E-state index contributed by atoms with van der Waals surface area (Å²) in [5, 5.41) is 2.75. The molecule has 1 saturated heterocycles. The van der Waals surface area contributed by atoms with E-state index in [-0.39, 0.29) is 11.8 Å². The predicted octanol–water partition coefficient (Wildman–Crippen LogP) is 2.05. The summed E-state index contributed by atoms with van der Waals surface area (Å²) in [4.78, 5) is 11.5. The Hall–Kier alpha value is -0.380. The number of nitrogens with one attached hydrogen (secondary N) is 1. The smallest absolute Gasteiger partial charge is 0.243 e. The lowest BCUT2D eigenvalue weighted by Gasteiger charge is -2.31. The van der Waals surface area contributed by atoms with E-state index in [9.17, 15) is 13.2 Å². The van der Waals surface area contributed by atoms with Crippen molar-refractivity contribution in [2.24, 2.45) is 5.92 Å². The highest BCUT2D eigenvalue weighted by atomic mass is 127. The second kappa shape index (κ2) is 7.94. The Morgan fingerprint density at radius 2 is 1.86 bits per heavy atom. The molecule has 0 radical (unpaired) electrons. The molecular weight excluding hydrogens is 439 g/mol. The molecule has 0 saturated carbocycles. The van der Waals surface area contributed by atoms with Gasteiger partial charge in [0.25, 0.3) is 0 Å². The fourth-order valence-corrected chi connectivity index (χ4v) is 4.34. The molecule has 0 bridgehead atoms. The van der Waals surface area contributed by atoms with Gasteiger partial charge in [-0.15, -0.1) is 11.6 Å². The van der Waals surface area contributed by atoms with Crippen molar-refractivity contribution in [2.45, 2.75) is 17.7 Å². The molecule has 1 aromatic rings. The molecule has 8 heteroatoms. The minimum Gasteiger partial charge on any atom is -0.355 e. The third-order valence-corrected chi connectivity index (χ3v) is 6.61. The maximum Gasteiger partial charge on any atom is 0.243 e. The number of benzene rings is 1. The van der Waals surface area contributed by atoms with Crippen LogP contribution in [0.4, 0.5) is 0 Å². The van der Waals surface area contributed by atoms with Crippen LogP contribution < -0.4 is 5.32 Å². The number of alkyl halides is 1. The van der Waals surface area contributed by atoms with Crippen molar-refractivity contribution in [1.82, 2.24) is 9.62 Å². The van der Waals surface area contributed by atoms with Crippen molar-refractivity contribution < 1.29 is 13.2 Å². The van der Waals surface area contributed by atoms with E-state index >= 15 is 0 Å². The van der Waals surface area contributed by atoms with Gasteiger partial charge in [0.15, 0.2) is 0 Å². The molecule has 0 aromatic heterocycles. The fourth-order valence-electron chi connectivity index (χ4n) is 2.41. The largest absolute Gasteiger partial charge is 0.355 e. The molecule has 1 heterocycles. The second-order valence-electron chi connectivity index (χ2n) is 5.24. The van der Waals surface area contributed by atoms with Crippen molar-refractivity contribution in [3.8, 4) is 0 Å². The third-order valence-electron chi connectivity index (χ3n) is 3.73. The van der Waals surface area contributed by atoms with Gasteiger partial charge in [0.05, 0.1) is 4.90 Å². The van der Waals surface area contributed by atoms with Crippen LogP contribution in [0, 0.1) is 9.49 Å². The summed E-state index contributed by atoms with van der Waals surface area (Å²) in [7, 11) is -3.42. The quantitative estimate of drug-likeness (QED) is 0.545. The molecule has 0 atom stereocenters. The van der Waals surface area contributed by atoms with Crippen molar-refractivity contribution in [1.29, 1.82) is 0 Å². The molecule has 22 heavy (non-hydrogen) atoms. The number of carbonyl (C=O) groups is 1. The van der Waals surface area contributed by atoms with Gasteiger partial charge in [0.2, 0.25) is 15.9 Å². The zero-order chi connectivity index (χ0) is 16.2. The Labute approximate surface area is 149 Å². The lowest BCUT2D eigenvalue weighted by molar-refractivity contribution is -0.118. The minimum absolute atomic E-state index is 0.0416.